The van der Waals surface area contributed by atoms with E-state index in [9.17, 15) is 0 Å². The van der Waals surface area contributed by atoms with Crippen LogP contribution in [0.2, 0.25) is 0 Å². The number of nitrogens with zero attached hydrogens (tertiary/aromatic N) is 2. The molecule has 0 saturated carbocycles. The summed E-state index contributed by atoms with van der Waals surface area (Å²) in [5.41, 5.74) is 2.17. The highest BCUT2D eigenvalue weighted by Crippen LogP contribution is 2.29. The lowest BCUT2D eigenvalue weighted by atomic mass is 10.1. The third-order valence-corrected chi connectivity index (χ3v) is 4.53. The van der Waals surface area contributed by atoms with Gasteiger partial charge in [0.15, 0.2) is 5.82 Å². The summed E-state index contributed by atoms with van der Waals surface area (Å²) < 4.78 is 6.44. The van der Waals surface area contributed by atoms with Gasteiger partial charge in [-0.15, -0.1) is 11.6 Å². The number of hydrogen-bond acceptors (Lipinski definition) is 3. The Balaban J connectivity index is 2.32. The minimum absolute atomic E-state index is 0.171. The van der Waals surface area contributed by atoms with Crippen molar-refractivity contribution in [1.82, 2.24) is 10.1 Å². The molecule has 1 atom stereocenters. The molecule has 0 radical (unpaired) electrons. The predicted octanol–water partition coefficient (Wildman–Crippen LogP) is 4.73. The normalized spacial score (nSPS) is 12.7. The molecule has 0 N–H and O–H groups in total. The number of alkyl halides is 1. The van der Waals surface area contributed by atoms with Gasteiger partial charge in [-0.2, -0.15) is 4.98 Å². The molecular weight excluding hydrogens is 363 g/mol. The summed E-state index contributed by atoms with van der Waals surface area (Å²) in [7, 11) is 0. The van der Waals surface area contributed by atoms with Crippen molar-refractivity contribution in [1.29, 1.82) is 0 Å². The lowest BCUT2D eigenvalue weighted by Gasteiger charge is -2.02. The Bertz CT molecular complexity index is 542. The maximum Gasteiger partial charge on any atom is 0.259 e. The maximum atomic E-state index is 6.19. The Morgan fingerprint density at radius 2 is 2.22 bits per heavy atom. The van der Waals surface area contributed by atoms with E-state index in [-0.39, 0.29) is 5.38 Å². The van der Waals surface area contributed by atoms with Crippen LogP contribution < -0.4 is 0 Å². The van der Waals surface area contributed by atoms with Crippen LogP contribution in [0.1, 0.15) is 36.5 Å². The first kappa shape index (κ1) is 13.8. The van der Waals surface area contributed by atoms with Gasteiger partial charge in [-0.3, -0.25) is 0 Å². The first-order valence-electron chi connectivity index (χ1n) is 5.86. The first-order valence-corrected chi connectivity index (χ1v) is 7.38. The van der Waals surface area contributed by atoms with Gasteiger partial charge >= 0.3 is 0 Å². The van der Waals surface area contributed by atoms with Crippen LogP contribution in [0.25, 0.3) is 11.5 Å². The molecule has 18 heavy (non-hydrogen) atoms. The molecule has 2 rings (SSSR count). The second-order valence-corrected chi connectivity index (χ2v) is 5.76. The van der Waals surface area contributed by atoms with Gasteiger partial charge in [-0.1, -0.05) is 30.6 Å². The van der Waals surface area contributed by atoms with E-state index >= 15 is 0 Å². The molecule has 0 aliphatic carbocycles. The molecule has 0 bridgehead atoms. The summed E-state index contributed by atoms with van der Waals surface area (Å²) in [4.78, 5) is 4.39. The zero-order chi connectivity index (χ0) is 13.1. The molecule has 1 aromatic carbocycles. The molecule has 96 valence electrons. The second kappa shape index (κ2) is 6.02. The summed E-state index contributed by atoms with van der Waals surface area (Å²) in [6.07, 6.45) is 1.85. The highest BCUT2D eigenvalue weighted by Gasteiger charge is 2.17. The van der Waals surface area contributed by atoms with E-state index in [0.29, 0.717) is 11.7 Å². The van der Waals surface area contributed by atoms with Crippen LogP contribution in [0.15, 0.2) is 22.7 Å². The molecule has 0 spiro atoms. The summed E-state index contributed by atoms with van der Waals surface area (Å²) in [5, 5.41) is 3.79. The van der Waals surface area contributed by atoms with E-state index in [1.807, 2.05) is 12.1 Å². The molecule has 3 nitrogen and oxygen atoms in total. The quantitative estimate of drug-likeness (QED) is 0.572. The summed E-state index contributed by atoms with van der Waals surface area (Å²) in [6.45, 7) is 4.14. The molecule has 0 fully saturated rings. The molecule has 5 heteroatoms. The fraction of sp³-hybridized carbons (Fsp3) is 0.385. The fourth-order valence-corrected chi connectivity index (χ4v) is 2.56. The van der Waals surface area contributed by atoms with Crippen LogP contribution in [0.4, 0.5) is 0 Å². The SMILES string of the molecule is CCCC(Cl)c1noc(-c2cccc(C)c2I)n1. The molecule has 1 heterocycles. The Kier molecular flexibility index (Phi) is 4.61. The average molecular weight is 377 g/mol. The number of halogens is 2. The topological polar surface area (TPSA) is 38.9 Å². The Morgan fingerprint density at radius 1 is 1.44 bits per heavy atom. The first-order chi connectivity index (χ1) is 8.63. The molecular formula is C13H14ClIN2O. The number of benzene rings is 1. The van der Waals surface area contributed by atoms with Crippen LogP contribution in [-0.4, -0.2) is 10.1 Å². The number of hydrogen-bond donors (Lipinski definition) is 0. The third kappa shape index (κ3) is 2.85. The van der Waals surface area contributed by atoms with Crippen LogP contribution in [-0.2, 0) is 0 Å². The van der Waals surface area contributed by atoms with Crippen molar-refractivity contribution in [3.05, 3.63) is 33.2 Å². The lowest BCUT2D eigenvalue weighted by Crippen LogP contribution is -1.93. The monoisotopic (exact) mass is 376 g/mol. The van der Waals surface area contributed by atoms with Gasteiger partial charge in [0.25, 0.3) is 5.89 Å². The molecule has 1 aromatic heterocycles. The molecule has 0 amide bonds. The standard InChI is InChI=1S/C13H14ClIN2O/c1-3-5-10(14)12-16-13(18-17-12)9-7-4-6-8(2)11(9)15/h4,6-7,10H,3,5H2,1-2H3. The van der Waals surface area contributed by atoms with Gasteiger partial charge in [0, 0.05) is 3.57 Å². The van der Waals surface area contributed by atoms with Gasteiger partial charge in [-0.05, 0) is 47.6 Å². The van der Waals surface area contributed by atoms with Gasteiger partial charge in [0.2, 0.25) is 0 Å². The van der Waals surface area contributed by atoms with Crippen LogP contribution in [0.3, 0.4) is 0 Å². The molecule has 2 aromatic rings. The summed E-state index contributed by atoms with van der Waals surface area (Å²) >= 11 is 8.48. The zero-order valence-corrected chi connectivity index (χ0v) is 13.2. The van der Waals surface area contributed by atoms with Crippen molar-refractivity contribution in [2.45, 2.75) is 32.1 Å². The van der Waals surface area contributed by atoms with E-state index in [0.717, 1.165) is 22.0 Å². The van der Waals surface area contributed by atoms with Gasteiger partial charge in [0.05, 0.1) is 10.9 Å². The van der Waals surface area contributed by atoms with E-state index in [1.54, 1.807) is 0 Å². The minimum Gasteiger partial charge on any atom is -0.334 e. The number of aryl methyl sites for hydroxylation is 1. The fourth-order valence-electron chi connectivity index (χ4n) is 1.67. The smallest absolute Gasteiger partial charge is 0.259 e. The van der Waals surface area contributed by atoms with E-state index in [4.69, 9.17) is 16.1 Å². The van der Waals surface area contributed by atoms with E-state index in [1.165, 1.54) is 5.56 Å². The largest absolute Gasteiger partial charge is 0.334 e. The molecule has 0 aliphatic heterocycles. The van der Waals surface area contributed by atoms with Crippen molar-refractivity contribution in [3.8, 4) is 11.5 Å². The summed E-state index contributed by atoms with van der Waals surface area (Å²) in [5.74, 6) is 1.12. The second-order valence-electron chi connectivity index (χ2n) is 4.15. The van der Waals surface area contributed by atoms with Crippen LogP contribution in [0.5, 0.6) is 0 Å². The van der Waals surface area contributed by atoms with Crippen LogP contribution in [0, 0.1) is 10.5 Å². The van der Waals surface area contributed by atoms with E-state index < -0.39 is 0 Å². The third-order valence-electron chi connectivity index (χ3n) is 2.69. The van der Waals surface area contributed by atoms with Crippen molar-refractivity contribution in [2.24, 2.45) is 0 Å². The maximum absolute atomic E-state index is 6.19. The molecule has 0 aliphatic rings. The molecule has 1 unspecified atom stereocenters. The number of rotatable bonds is 4. The number of aromatic nitrogens is 2. The Hall–Kier alpha value is -0.620. The predicted molar refractivity (Wildman–Crippen MR) is 80.7 cm³/mol. The van der Waals surface area contributed by atoms with Crippen molar-refractivity contribution in [3.63, 3.8) is 0 Å². The zero-order valence-electron chi connectivity index (χ0n) is 10.3. The summed E-state index contributed by atoms with van der Waals surface area (Å²) in [6, 6.07) is 6.03. The Morgan fingerprint density at radius 3 is 2.94 bits per heavy atom. The lowest BCUT2D eigenvalue weighted by molar-refractivity contribution is 0.420. The van der Waals surface area contributed by atoms with Gasteiger partial charge in [-0.25, -0.2) is 0 Å². The van der Waals surface area contributed by atoms with E-state index in [2.05, 4.69) is 52.6 Å². The van der Waals surface area contributed by atoms with Crippen molar-refractivity contribution >= 4 is 34.2 Å². The van der Waals surface area contributed by atoms with Crippen LogP contribution >= 0.6 is 34.2 Å². The highest BCUT2D eigenvalue weighted by atomic mass is 127. The Labute approximate surface area is 125 Å². The average Bonchev–Trinajstić information content (AvgIpc) is 2.82. The van der Waals surface area contributed by atoms with Gasteiger partial charge in [0.1, 0.15) is 0 Å². The minimum atomic E-state index is -0.171. The molecule has 0 saturated heterocycles. The van der Waals surface area contributed by atoms with Crippen molar-refractivity contribution in [2.75, 3.05) is 0 Å². The highest BCUT2D eigenvalue weighted by molar-refractivity contribution is 14.1. The van der Waals surface area contributed by atoms with Crippen molar-refractivity contribution < 1.29 is 4.52 Å². The van der Waals surface area contributed by atoms with Gasteiger partial charge < -0.3 is 4.52 Å².